The molecule has 0 aliphatic heterocycles. The van der Waals surface area contributed by atoms with Crippen LogP contribution in [0.2, 0.25) is 0 Å². The largest absolute Gasteiger partial charge is 0.502 e. The highest BCUT2D eigenvalue weighted by Crippen LogP contribution is 2.30. The molecule has 2 rings (SSSR count). The average Bonchev–Trinajstić information content (AvgIpc) is 2.46. The first-order valence-corrected chi connectivity index (χ1v) is 6.23. The second-order valence-corrected chi connectivity index (χ2v) is 4.63. The molecule has 0 aliphatic carbocycles. The number of aryl methyl sites for hydroxylation is 1. The van der Waals surface area contributed by atoms with E-state index in [0.29, 0.717) is 5.69 Å². The molecular formula is C15H14N2O4. The molecule has 0 atom stereocenters. The van der Waals surface area contributed by atoms with E-state index in [9.17, 15) is 20.0 Å². The minimum Gasteiger partial charge on any atom is -0.502 e. The van der Waals surface area contributed by atoms with Gasteiger partial charge in [-0.15, -0.1) is 0 Å². The van der Waals surface area contributed by atoms with E-state index in [-0.39, 0.29) is 5.56 Å². The van der Waals surface area contributed by atoms with Crippen molar-refractivity contribution in [1.82, 2.24) is 0 Å². The van der Waals surface area contributed by atoms with Crippen LogP contribution < -0.4 is 4.90 Å². The highest BCUT2D eigenvalue weighted by molar-refractivity contribution is 6.08. The van der Waals surface area contributed by atoms with Gasteiger partial charge in [0, 0.05) is 18.8 Å². The zero-order valence-corrected chi connectivity index (χ0v) is 11.6. The van der Waals surface area contributed by atoms with Crippen LogP contribution in [0, 0.1) is 17.0 Å². The minimum atomic E-state index is -0.724. The van der Waals surface area contributed by atoms with Gasteiger partial charge in [0.25, 0.3) is 5.91 Å². The van der Waals surface area contributed by atoms with Gasteiger partial charge in [0.1, 0.15) is 0 Å². The number of rotatable bonds is 3. The predicted molar refractivity (Wildman–Crippen MR) is 78.7 cm³/mol. The van der Waals surface area contributed by atoms with E-state index in [0.717, 1.165) is 11.6 Å². The first kappa shape index (κ1) is 14.5. The van der Waals surface area contributed by atoms with Gasteiger partial charge in [-0.3, -0.25) is 14.9 Å². The van der Waals surface area contributed by atoms with Gasteiger partial charge in [0.05, 0.1) is 10.5 Å². The van der Waals surface area contributed by atoms with E-state index in [1.165, 1.54) is 17.0 Å². The fourth-order valence-electron chi connectivity index (χ4n) is 1.92. The zero-order valence-electron chi connectivity index (χ0n) is 11.6. The lowest BCUT2D eigenvalue weighted by Gasteiger charge is -2.18. The van der Waals surface area contributed by atoms with Crippen molar-refractivity contribution in [2.24, 2.45) is 0 Å². The van der Waals surface area contributed by atoms with Gasteiger partial charge in [-0.1, -0.05) is 23.8 Å². The van der Waals surface area contributed by atoms with E-state index < -0.39 is 22.3 Å². The van der Waals surface area contributed by atoms with Gasteiger partial charge in [-0.2, -0.15) is 0 Å². The molecule has 0 saturated carbocycles. The normalized spacial score (nSPS) is 10.2. The van der Waals surface area contributed by atoms with Gasteiger partial charge in [-0.25, -0.2) is 0 Å². The van der Waals surface area contributed by atoms with E-state index >= 15 is 0 Å². The third kappa shape index (κ3) is 2.84. The molecule has 1 N–H and O–H groups in total. The second-order valence-electron chi connectivity index (χ2n) is 4.63. The molecular weight excluding hydrogens is 272 g/mol. The standard InChI is InChI=1S/C15H14N2O4/c1-10-6-8-11(9-7-10)16(2)15(19)12-4-3-5-13(14(12)18)17(20)21/h3-9,18H,1-2H3. The van der Waals surface area contributed by atoms with E-state index in [4.69, 9.17) is 0 Å². The van der Waals surface area contributed by atoms with Crippen molar-refractivity contribution in [3.63, 3.8) is 0 Å². The van der Waals surface area contributed by atoms with Crippen LogP contribution in [-0.4, -0.2) is 23.0 Å². The summed E-state index contributed by atoms with van der Waals surface area (Å²) in [6.45, 7) is 1.93. The highest BCUT2D eigenvalue weighted by atomic mass is 16.6. The first-order valence-electron chi connectivity index (χ1n) is 6.23. The number of phenolic OH excluding ortho intramolecular Hbond substituents is 1. The maximum absolute atomic E-state index is 12.4. The third-order valence-electron chi connectivity index (χ3n) is 3.17. The number of nitrogens with zero attached hydrogens (tertiary/aromatic N) is 2. The van der Waals surface area contributed by atoms with Crippen molar-refractivity contribution < 1.29 is 14.8 Å². The molecule has 6 heteroatoms. The van der Waals surface area contributed by atoms with Gasteiger partial charge in [0.2, 0.25) is 5.75 Å². The summed E-state index contributed by atoms with van der Waals surface area (Å²) in [6.07, 6.45) is 0. The molecule has 2 aromatic carbocycles. The Hall–Kier alpha value is -2.89. The topological polar surface area (TPSA) is 83.7 Å². The summed E-state index contributed by atoms with van der Waals surface area (Å²) < 4.78 is 0. The number of benzene rings is 2. The Bertz CT molecular complexity index is 695. The smallest absolute Gasteiger partial charge is 0.311 e. The summed E-state index contributed by atoms with van der Waals surface area (Å²) in [5.74, 6) is -1.13. The lowest BCUT2D eigenvalue weighted by molar-refractivity contribution is -0.385. The molecule has 21 heavy (non-hydrogen) atoms. The molecule has 0 fully saturated rings. The second kappa shape index (κ2) is 5.62. The summed E-state index contributed by atoms with van der Waals surface area (Å²) in [4.78, 5) is 23.8. The SMILES string of the molecule is Cc1ccc(N(C)C(=O)c2cccc([N+](=O)[O-])c2O)cc1. The summed E-state index contributed by atoms with van der Waals surface area (Å²) in [5.41, 5.74) is 1.10. The Morgan fingerprint density at radius 1 is 1.19 bits per heavy atom. The number of carbonyl (C=O) groups is 1. The number of hydrogen-bond donors (Lipinski definition) is 1. The van der Waals surface area contributed by atoms with Crippen molar-refractivity contribution in [3.05, 3.63) is 63.7 Å². The fourth-order valence-corrected chi connectivity index (χ4v) is 1.92. The van der Waals surface area contributed by atoms with Crippen LogP contribution in [0.1, 0.15) is 15.9 Å². The van der Waals surface area contributed by atoms with E-state index in [2.05, 4.69) is 0 Å². The molecule has 0 saturated heterocycles. The van der Waals surface area contributed by atoms with Gasteiger partial charge in [0.15, 0.2) is 0 Å². The quantitative estimate of drug-likeness (QED) is 0.694. The molecule has 0 spiro atoms. The van der Waals surface area contributed by atoms with Crippen molar-refractivity contribution >= 4 is 17.3 Å². The Labute approximate surface area is 121 Å². The lowest BCUT2D eigenvalue weighted by Crippen LogP contribution is -2.26. The van der Waals surface area contributed by atoms with Crippen LogP contribution in [0.3, 0.4) is 0 Å². The summed E-state index contributed by atoms with van der Waals surface area (Å²) >= 11 is 0. The Kier molecular flexibility index (Phi) is 3.89. The minimum absolute atomic E-state index is 0.104. The van der Waals surface area contributed by atoms with Crippen molar-refractivity contribution in [3.8, 4) is 5.75 Å². The number of nitro benzene ring substituents is 1. The summed E-state index contributed by atoms with van der Waals surface area (Å²) in [6, 6.07) is 11.1. The number of nitro groups is 1. The number of aromatic hydroxyl groups is 1. The number of hydrogen-bond acceptors (Lipinski definition) is 4. The van der Waals surface area contributed by atoms with Crippen LogP contribution >= 0.6 is 0 Å². The molecule has 0 aromatic heterocycles. The first-order chi connectivity index (χ1) is 9.91. The van der Waals surface area contributed by atoms with Crippen LogP contribution in [0.5, 0.6) is 5.75 Å². The lowest BCUT2D eigenvalue weighted by atomic mass is 10.1. The maximum atomic E-state index is 12.4. The Morgan fingerprint density at radius 3 is 2.38 bits per heavy atom. The van der Waals surface area contributed by atoms with Gasteiger partial charge < -0.3 is 10.0 Å². The summed E-state index contributed by atoms with van der Waals surface area (Å²) in [7, 11) is 1.55. The number of para-hydroxylation sites is 1. The number of amides is 1. The molecule has 2 aromatic rings. The van der Waals surface area contributed by atoms with Gasteiger partial charge in [-0.05, 0) is 25.1 Å². The molecule has 0 heterocycles. The van der Waals surface area contributed by atoms with Crippen molar-refractivity contribution in [2.75, 3.05) is 11.9 Å². The number of phenols is 1. The molecule has 1 amide bonds. The summed E-state index contributed by atoms with van der Waals surface area (Å²) in [5, 5.41) is 20.7. The molecule has 0 bridgehead atoms. The molecule has 0 aliphatic rings. The van der Waals surface area contributed by atoms with Crippen LogP contribution in [0.15, 0.2) is 42.5 Å². The third-order valence-corrected chi connectivity index (χ3v) is 3.17. The maximum Gasteiger partial charge on any atom is 0.311 e. The van der Waals surface area contributed by atoms with E-state index in [1.54, 1.807) is 19.2 Å². The van der Waals surface area contributed by atoms with E-state index in [1.807, 2.05) is 19.1 Å². The Balaban J connectivity index is 2.38. The molecule has 0 radical (unpaired) electrons. The fraction of sp³-hybridized carbons (Fsp3) is 0.133. The van der Waals surface area contributed by atoms with Crippen molar-refractivity contribution in [2.45, 2.75) is 6.92 Å². The number of carbonyl (C=O) groups excluding carboxylic acids is 1. The molecule has 108 valence electrons. The average molecular weight is 286 g/mol. The molecule has 6 nitrogen and oxygen atoms in total. The van der Waals surface area contributed by atoms with Crippen molar-refractivity contribution in [1.29, 1.82) is 0 Å². The molecule has 0 unspecified atom stereocenters. The van der Waals surface area contributed by atoms with Gasteiger partial charge >= 0.3 is 5.69 Å². The monoisotopic (exact) mass is 286 g/mol. The number of anilines is 1. The highest BCUT2D eigenvalue weighted by Gasteiger charge is 2.23. The van der Waals surface area contributed by atoms with Crippen LogP contribution in [0.4, 0.5) is 11.4 Å². The van der Waals surface area contributed by atoms with Crippen LogP contribution in [-0.2, 0) is 0 Å². The zero-order chi connectivity index (χ0) is 15.6. The predicted octanol–water partition coefficient (Wildman–Crippen LogP) is 2.89. The van der Waals surface area contributed by atoms with Crippen LogP contribution in [0.25, 0.3) is 0 Å². The Morgan fingerprint density at radius 2 is 1.81 bits per heavy atom.